The molecule has 0 unspecified atom stereocenters. The summed E-state index contributed by atoms with van der Waals surface area (Å²) in [6.45, 7) is -3.62. The van der Waals surface area contributed by atoms with Crippen molar-refractivity contribution in [2.45, 2.75) is 12.5 Å². The molecular weight excluding hydrogens is 338 g/mol. The van der Waals surface area contributed by atoms with Crippen LogP contribution in [-0.4, -0.2) is 53.1 Å². The number of primary amides is 1. The van der Waals surface area contributed by atoms with Crippen LogP contribution in [-0.2, 0) is 4.74 Å². The second kappa shape index (κ2) is 7.26. The van der Waals surface area contributed by atoms with Crippen LogP contribution in [0.4, 0.5) is 32.2 Å². The lowest BCUT2D eigenvalue weighted by molar-refractivity contribution is -0.325. The number of aromatic nitrogens is 2. The molecule has 1 aromatic heterocycles. The van der Waals surface area contributed by atoms with Crippen LogP contribution in [0.1, 0.15) is 10.5 Å². The standard InChI is InChI=1S/C9H10F6N6O2/c10-8(11,12)3-21(1-2-23-9(13,14)15)20-19-7-5(6(16)22)17-4-18-7/h4H,1-3H2,(H2,16,22)(H,17,18)/b20-19+. The van der Waals surface area contributed by atoms with Gasteiger partial charge in [0, 0.05) is 0 Å². The van der Waals surface area contributed by atoms with Gasteiger partial charge in [0.25, 0.3) is 5.91 Å². The summed E-state index contributed by atoms with van der Waals surface area (Å²) in [6, 6.07) is 0. The molecule has 0 fully saturated rings. The molecule has 14 heteroatoms. The Kier molecular flexibility index (Phi) is 5.89. The lowest BCUT2D eigenvalue weighted by atomic mass is 10.4. The van der Waals surface area contributed by atoms with Crippen LogP contribution < -0.4 is 5.73 Å². The number of halogens is 6. The number of ether oxygens (including phenoxy) is 1. The maximum absolute atomic E-state index is 12.3. The van der Waals surface area contributed by atoms with E-state index < -0.39 is 44.0 Å². The normalized spacial score (nSPS) is 12.8. The van der Waals surface area contributed by atoms with E-state index in [1.807, 2.05) is 0 Å². The third-order valence-corrected chi connectivity index (χ3v) is 2.11. The third kappa shape index (κ3) is 7.44. The second-order valence-electron chi connectivity index (χ2n) is 3.95. The molecule has 0 saturated carbocycles. The highest BCUT2D eigenvalue weighted by Crippen LogP contribution is 2.20. The Morgan fingerprint density at radius 2 is 2.00 bits per heavy atom. The van der Waals surface area contributed by atoms with Gasteiger partial charge in [-0.15, -0.1) is 18.3 Å². The van der Waals surface area contributed by atoms with Gasteiger partial charge in [0.2, 0.25) is 5.82 Å². The summed E-state index contributed by atoms with van der Waals surface area (Å²) in [6.07, 6.45) is -8.73. The van der Waals surface area contributed by atoms with E-state index in [1.54, 1.807) is 0 Å². The molecule has 0 bridgehead atoms. The van der Waals surface area contributed by atoms with Crippen LogP contribution >= 0.6 is 0 Å². The zero-order valence-electron chi connectivity index (χ0n) is 11.1. The number of hydrogen-bond donors (Lipinski definition) is 2. The fraction of sp³-hybridized carbons (Fsp3) is 0.556. The van der Waals surface area contributed by atoms with E-state index in [9.17, 15) is 31.1 Å². The molecule has 0 aromatic carbocycles. The van der Waals surface area contributed by atoms with Crippen LogP contribution in [0, 0.1) is 0 Å². The van der Waals surface area contributed by atoms with Gasteiger partial charge in [0.05, 0.1) is 19.5 Å². The fourth-order valence-corrected chi connectivity index (χ4v) is 1.28. The third-order valence-electron chi connectivity index (χ3n) is 2.11. The maximum Gasteiger partial charge on any atom is 0.522 e. The number of nitrogens with one attached hydrogen (secondary N) is 1. The minimum absolute atomic E-state index is 0.186. The number of nitrogens with zero attached hydrogens (tertiary/aromatic N) is 4. The van der Waals surface area contributed by atoms with Gasteiger partial charge in [-0.2, -0.15) is 13.2 Å². The molecule has 130 valence electrons. The molecule has 1 heterocycles. The largest absolute Gasteiger partial charge is 0.522 e. The molecule has 1 amide bonds. The van der Waals surface area contributed by atoms with Gasteiger partial charge in [0.1, 0.15) is 6.54 Å². The zero-order valence-corrected chi connectivity index (χ0v) is 11.1. The zero-order chi connectivity index (χ0) is 17.7. The number of alkyl halides is 6. The van der Waals surface area contributed by atoms with Crippen molar-refractivity contribution in [3.8, 4) is 0 Å². The topological polar surface area (TPSA) is 109 Å². The first-order chi connectivity index (χ1) is 10.5. The first kappa shape index (κ1) is 18.7. The Balaban J connectivity index is 2.77. The molecule has 0 spiro atoms. The monoisotopic (exact) mass is 348 g/mol. The smallest absolute Gasteiger partial charge is 0.364 e. The number of rotatable bonds is 7. The van der Waals surface area contributed by atoms with Gasteiger partial charge in [0.15, 0.2) is 5.69 Å². The molecular formula is C9H10F6N6O2. The first-order valence-corrected chi connectivity index (χ1v) is 5.75. The molecule has 0 aliphatic rings. The summed E-state index contributed by atoms with van der Waals surface area (Å²) >= 11 is 0. The van der Waals surface area contributed by atoms with Crippen LogP contribution in [0.3, 0.4) is 0 Å². The molecule has 0 aliphatic carbocycles. The number of hydrogen-bond acceptors (Lipinski definition) is 5. The van der Waals surface area contributed by atoms with Crippen LogP contribution in [0.2, 0.25) is 0 Å². The number of H-pyrrole nitrogens is 1. The van der Waals surface area contributed by atoms with Crippen molar-refractivity contribution in [3.05, 3.63) is 12.0 Å². The molecule has 0 aliphatic heterocycles. The van der Waals surface area contributed by atoms with E-state index in [0.29, 0.717) is 0 Å². The summed E-state index contributed by atoms with van der Waals surface area (Å²) in [7, 11) is 0. The molecule has 0 saturated heterocycles. The van der Waals surface area contributed by atoms with Gasteiger partial charge < -0.3 is 10.7 Å². The Morgan fingerprint density at radius 1 is 1.35 bits per heavy atom. The van der Waals surface area contributed by atoms with Gasteiger partial charge in [-0.05, 0) is 0 Å². The van der Waals surface area contributed by atoms with Crippen molar-refractivity contribution in [2.75, 3.05) is 19.7 Å². The average molecular weight is 348 g/mol. The Bertz CT molecular complexity index is 553. The molecule has 1 rings (SSSR count). The Morgan fingerprint density at radius 3 is 2.52 bits per heavy atom. The van der Waals surface area contributed by atoms with Crippen LogP contribution in [0.5, 0.6) is 0 Å². The molecule has 0 radical (unpaired) electrons. The lowest BCUT2D eigenvalue weighted by Gasteiger charge is -2.19. The van der Waals surface area contributed by atoms with Crippen LogP contribution in [0.25, 0.3) is 0 Å². The first-order valence-electron chi connectivity index (χ1n) is 5.75. The van der Waals surface area contributed by atoms with Gasteiger partial charge >= 0.3 is 12.5 Å². The Hall–Kier alpha value is -2.38. The number of aromatic amines is 1. The minimum atomic E-state index is -4.98. The van der Waals surface area contributed by atoms with Gasteiger partial charge in [-0.3, -0.25) is 14.5 Å². The second-order valence-corrected chi connectivity index (χ2v) is 3.95. The average Bonchev–Trinajstić information content (AvgIpc) is 2.80. The summed E-state index contributed by atoms with van der Waals surface area (Å²) in [5, 5.41) is 6.56. The van der Waals surface area contributed by atoms with Crippen LogP contribution in [0.15, 0.2) is 16.7 Å². The van der Waals surface area contributed by atoms with Crippen molar-refractivity contribution < 1.29 is 35.9 Å². The summed E-state index contributed by atoms with van der Waals surface area (Å²) < 4.78 is 75.8. The van der Waals surface area contributed by atoms with E-state index in [2.05, 4.69) is 25.0 Å². The highest BCUT2D eigenvalue weighted by Gasteiger charge is 2.32. The number of amides is 1. The number of carbonyl (C=O) groups excluding carboxylic acids is 1. The molecule has 8 nitrogen and oxygen atoms in total. The van der Waals surface area contributed by atoms with Crippen molar-refractivity contribution >= 4 is 11.7 Å². The molecule has 1 aromatic rings. The van der Waals surface area contributed by atoms with Crippen molar-refractivity contribution in [3.63, 3.8) is 0 Å². The predicted octanol–water partition coefficient (Wildman–Crippen LogP) is 1.91. The molecule has 3 N–H and O–H groups in total. The predicted molar refractivity (Wildman–Crippen MR) is 61.3 cm³/mol. The summed E-state index contributed by atoms with van der Waals surface area (Å²) in [4.78, 5) is 16.7. The van der Waals surface area contributed by atoms with E-state index in [-0.39, 0.29) is 10.7 Å². The van der Waals surface area contributed by atoms with E-state index in [1.165, 1.54) is 0 Å². The summed E-state index contributed by atoms with van der Waals surface area (Å²) in [5.41, 5.74) is 4.63. The SMILES string of the molecule is NC(=O)c1[nH]cnc1/N=N/N(CCOC(F)(F)F)CC(F)(F)F. The van der Waals surface area contributed by atoms with E-state index >= 15 is 0 Å². The van der Waals surface area contributed by atoms with E-state index in [4.69, 9.17) is 5.73 Å². The quantitative estimate of drug-likeness (QED) is 0.446. The molecule has 0 atom stereocenters. The Labute approximate surface area is 124 Å². The number of imidazole rings is 1. The fourth-order valence-electron chi connectivity index (χ4n) is 1.28. The maximum atomic E-state index is 12.3. The van der Waals surface area contributed by atoms with Gasteiger partial charge in [-0.25, -0.2) is 4.98 Å². The van der Waals surface area contributed by atoms with Crippen molar-refractivity contribution in [1.82, 2.24) is 15.0 Å². The highest BCUT2D eigenvalue weighted by molar-refractivity contribution is 5.94. The number of carbonyl (C=O) groups is 1. The summed E-state index contributed by atoms with van der Waals surface area (Å²) in [5.74, 6) is -1.39. The van der Waals surface area contributed by atoms with Crippen molar-refractivity contribution in [2.24, 2.45) is 16.1 Å². The van der Waals surface area contributed by atoms with Gasteiger partial charge in [-0.1, -0.05) is 5.22 Å². The van der Waals surface area contributed by atoms with Crippen molar-refractivity contribution in [1.29, 1.82) is 0 Å². The lowest BCUT2D eigenvalue weighted by Crippen LogP contribution is -2.33. The number of nitrogens with two attached hydrogens (primary N) is 1. The highest BCUT2D eigenvalue weighted by atomic mass is 19.4. The van der Waals surface area contributed by atoms with E-state index in [0.717, 1.165) is 6.33 Å². The molecule has 23 heavy (non-hydrogen) atoms. The minimum Gasteiger partial charge on any atom is -0.364 e.